The molecule has 1 fully saturated rings. The number of H-pyrrole nitrogens is 1. The molecular formula is C12H18BrN3O2. The molecule has 0 bridgehead atoms. The third-order valence-electron chi connectivity index (χ3n) is 3.06. The van der Waals surface area contributed by atoms with Crippen molar-refractivity contribution in [3.63, 3.8) is 0 Å². The number of rotatable bonds is 3. The van der Waals surface area contributed by atoms with Gasteiger partial charge in [-0.3, -0.25) is 9.69 Å². The number of aliphatic hydroxyl groups is 1. The standard InChI is InChI=1S/C12H18BrN3O2/c1-9(17)8-15-2-4-16(5-3-15)12(18)11-6-10(13)7-14-11/h6-7,9,14,17H,2-5,8H2,1H3/t9-/m1/s1. The van der Waals surface area contributed by atoms with Gasteiger partial charge in [0.25, 0.3) is 5.91 Å². The maximum absolute atomic E-state index is 12.1. The molecule has 0 aromatic carbocycles. The van der Waals surface area contributed by atoms with Crippen LogP contribution < -0.4 is 0 Å². The van der Waals surface area contributed by atoms with Crippen LogP contribution in [0.1, 0.15) is 17.4 Å². The molecule has 0 radical (unpaired) electrons. The van der Waals surface area contributed by atoms with Gasteiger partial charge in [-0.25, -0.2) is 0 Å². The molecule has 1 aliphatic heterocycles. The molecule has 0 unspecified atom stereocenters. The number of aliphatic hydroxyl groups excluding tert-OH is 1. The lowest BCUT2D eigenvalue weighted by atomic mass is 10.2. The van der Waals surface area contributed by atoms with Crippen molar-refractivity contribution in [2.45, 2.75) is 13.0 Å². The van der Waals surface area contributed by atoms with Crippen LogP contribution in [0.5, 0.6) is 0 Å². The lowest BCUT2D eigenvalue weighted by molar-refractivity contribution is 0.0550. The lowest BCUT2D eigenvalue weighted by Crippen LogP contribution is -2.50. The van der Waals surface area contributed by atoms with E-state index in [-0.39, 0.29) is 12.0 Å². The van der Waals surface area contributed by atoms with E-state index >= 15 is 0 Å². The van der Waals surface area contributed by atoms with Gasteiger partial charge >= 0.3 is 0 Å². The number of carbonyl (C=O) groups is 1. The number of nitrogens with zero attached hydrogens (tertiary/aromatic N) is 2. The van der Waals surface area contributed by atoms with Crippen molar-refractivity contribution in [3.05, 3.63) is 22.4 Å². The minimum absolute atomic E-state index is 0.0393. The summed E-state index contributed by atoms with van der Waals surface area (Å²) in [5, 5.41) is 9.33. The van der Waals surface area contributed by atoms with Crippen molar-refractivity contribution < 1.29 is 9.90 Å². The largest absolute Gasteiger partial charge is 0.392 e. The molecule has 5 nitrogen and oxygen atoms in total. The average molecular weight is 316 g/mol. The summed E-state index contributed by atoms with van der Waals surface area (Å²) in [6.45, 7) is 5.52. The molecule has 0 saturated carbocycles. The molecule has 2 rings (SSSR count). The number of aromatic amines is 1. The van der Waals surface area contributed by atoms with Crippen molar-refractivity contribution in [2.24, 2.45) is 0 Å². The topological polar surface area (TPSA) is 59.6 Å². The van der Waals surface area contributed by atoms with E-state index in [1.807, 2.05) is 4.90 Å². The zero-order valence-corrected chi connectivity index (χ0v) is 12.0. The quantitative estimate of drug-likeness (QED) is 0.872. The fourth-order valence-electron chi connectivity index (χ4n) is 2.17. The number of hydrogen-bond acceptors (Lipinski definition) is 3. The minimum Gasteiger partial charge on any atom is -0.392 e. The van der Waals surface area contributed by atoms with Crippen LogP contribution in [-0.4, -0.2) is 64.6 Å². The summed E-state index contributed by atoms with van der Waals surface area (Å²) in [6, 6.07) is 1.80. The van der Waals surface area contributed by atoms with Crippen LogP contribution >= 0.6 is 15.9 Å². The number of amides is 1. The SMILES string of the molecule is C[C@@H](O)CN1CCN(C(=O)c2cc(Br)c[nH]2)CC1. The minimum atomic E-state index is -0.313. The molecule has 18 heavy (non-hydrogen) atoms. The number of halogens is 1. The zero-order chi connectivity index (χ0) is 13.1. The Balaban J connectivity index is 1.88. The van der Waals surface area contributed by atoms with E-state index in [0.29, 0.717) is 25.3 Å². The number of hydrogen-bond donors (Lipinski definition) is 2. The molecule has 100 valence electrons. The maximum atomic E-state index is 12.1. The summed E-state index contributed by atoms with van der Waals surface area (Å²) in [7, 11) is 0. The Hall–Kier alpha value is -0.850. The first-order chi connectivity index (χ1) is 8.56. The van der Waals surface area contributed by atoms with Crippen molar-refractivity contribution in [1.82, 2.24) is 14.8 Å². The molecule has 1 aromatic heterocycles. The first-order valence-electron chi connectivity index (χ1n) is 6.10. The Kier molecular flexibility index (Phi) is 4.42. The molecular weight excluding hydrogens is 298 g/mol. The molecule has 0 aliphatic carbocycles. The Labute approximate surface area is 115 Å². The molecule has 6 heteroatoms. The fourth-order valence-corrected chi connectivity index (χ4v) is 2.51. The molecule has 1 amide bonds. The van der Waals surface area contributed by atoms with E-state index in [2.05, 4.69) is 25.8 Å². The van der Waals surface area contributed by atoms with Gasteiger partial charge in [0.05, 0.1) is 6.10 Å². The van der Waals surface area contributed by atoms with Crippen LogP contribution in [0.3, 0.4) is 0 Å². The Bertz CT molecular complexity index is 411. The smallest absolute Gasteiger partial charge is 0.270 e. The summed E-state index contributed by atoms with van der Waals surface area (Å²) < 4.78 is 0.888. The van der Waals surface area contributed by atoms with E-state index < -0.39 is 0 Å². The molecule has 1 aliphatic rings. The highest BCUT2D eigenvalue weighted by Gasteiger charge is 2.23. The number of carbonyl (C=O) groups excluding carboxylic acids is 1. The molecule has 1 aromatic rings. The van der Waals surface area contributed by atoms with E-state index in [1.165, 1.54) is 0 Å². The summed E-state index contributed by atoms with van der Waals surface area (Å²) in [6.07, 6.45) is 1.45. The highest BCUT2D eigenvalue weighted by Crippen LogP contribution is 2.13. The maximum Gasteiger partial charge on any atom is 0.270 e. The third kappa shape index (κ3) is 3.34. The number of β-amino-alcohol motifs (C(OH)–C–C–N with tert-alkyl or cyclic N) is 1. The predicted octanol–water partition coefficient (Wildman–Crippen LogP) is 0.916. The van der Waals surface area contributed by atoms with Crippen molar-refractivity contribution in [1.29, 1.82) is 0 Å². The van der Waals surface area contributed by atoms with Crippen LogP contribution in [0.25, 0.3) is 0 Å². The second-order valence-corrected chi connectivity index (χ2v) is 5.59. The van der Waals surface area contributed by atoms with Gasteiger partial charge < -0.3 is 15.0 Å². The summed E-state index contributed by atoms with van der Waals surface area (Å²) >= 11 is 3.32. The lowest BCUT2D eigenvalue weighted by Gasteiger charge is -2.35. The van der Waals surface area contributed by atoms with Gasteiger partial charge in [-0.1, -0.05) is 0 Å². The van der Waals surface area contributed by atoms with Crippen LogP contribution in [0.2, 0.25) is 0 Å². The second kappa shape index (κ2) is 5.86. The van der Waals surface area contributed by atoms with Gasteiger partial charge in [0.2, 0.25) is 0 Å². The molecule has 2 N–H and O–H groups in total. The van der Waals surface area contributed by atoms with Crippen molar-refractivity contribution >= 4 is 21.8 Å². The van der Waals surface area contributed by atoms with Crippen LogP contribution in [0.15, 0.2) is 16.7 Å². The van der Waals surface area contributed by atoms with Crippen LogP contribution in [0.4, 0.5) is 0 Å². The van der Waals surface area contributed by atoms with Gasteiger partial charge in [0.1, 0.15) is 5.69 Å². The van der Waals surface area contributed by atoms with Gasteiger partial charge in [0.15, 0.2) is 0 Å². The zero-order valence-electron chi connectivity index (χ0n) is 10.4. The highest BCUT2D eigenvalue weighted by atomic mass is 79.9. The van der Waals surface area contributed by atoms with E-state index in [0.717, 1.165) is 17.6 Å². The average Bonchev–Trinajstić information content (AvgIpc) is 2.75. The number of nitrogens with one attached hydrogen (secondary N) is 1. The first kappa shape index (κ1) is 13.6. The summed E-state index contributed by atoms with van der Waals surface area (Å²) in [5.41, 5.74) is 0.617. The Morgan fingerprint density at radius 2 is 2.17 bits per heavy atom. The summed E-state index contributed by atoms with van der Waals surface area (Å²) in [4.78, 5) is 19.1. The highest BCUT2D eigenvalue weighted by molar-refractivity contribution is 9.10. The van der Waals surface area contributed by atoms with Gasteiger partial charge in [0, 0.05) is 43.4 Å². The second-order valence-electron chi connectivity index (χ2n) is 4.67. The molecule has 0 spiro atoms. The summed E-state index contributed by atoms with van der Waals surface area (Å²) in [5.74, 6) is 0.0393. The normalized spacial score (nSPS) is 18.9. The first-order valence-corrected chi connectivity index (χ1v) is 6.89. The number of piperazine rings is 1. The molecule has 1 saturated heterocycles. The Morgan fingerprint density at radius 3 is 2.67 bits per heavy atom. The van der Waals surface area contributed by atoms with E-state index in [9.17, 15) is 9.90 Å². The van der Waals surface area contributed by atoms with E-state index in [4.69, 9.17) is 0 Å². The van der Waals surface area contributed by atoms with Gasteiger partial charge in [-0.2, -0.15) is 0 Å². The van der Waals surface area contributed by atoms with Crippen LogP contribution in [-0.2, 0) is 0 Å². The monoisotopic (exact) mass is 315 g/mol. The predicted molar refractivity (Wildman–Crippen MR) is 72.5 cm³/mol. The van der Waals surface area contributed by atoms with Crippen molar-refractivity contribution in [2.75, 3.05) is 32.7 Å². The third-order valence-corrected chi connectivity index (χ3v) is 3.52. The van der Waals surface area contributed by atoms with Gasteiger partial charge in [-0.05, 0) is 28.9 Å². The van der Waals surface area contributed by atoms with Crippen molar-refractivity contribution in [3.8, 4) is 0 Å². The molecule has 2 heterocycles. The molecule has 1 atom stereocenters. The van der Waals surface area contributed by atoms with E-state index in [1.54, 1.807) is 19.2 Å². The van der Waals surface area contributed by atoms with Gasteiger partial charge in [-0.15, -0.1) is 0 Å². The fraction of sp³-hybridized carbons (Fsp3) is 0.583. The van der Waals surface area contributed by atoms with Crippen LogP contribution in [0, 0.1) is 0 Å². The Morgan fingerprint density at radius 1 is 1.50 bits per heavy atom. The number of aromatic nitrogens is 1.